The molecule has 1 nitrogen and oxygen atoms in total. The lowest BCUT2D eigenvalue weighted by Crippen LogP contribution is -2.13. The summed E-state index contributed by atoms with van der Waals surface area (Å²) in [6.07, 6.45) is 7.05. The number of nitrogens with one attached hydrogen (secondary N) is 1. The van der Waals surface area contributed by atoms with Crippen molar-refractivity contribution in [2.45, 2.75) is 52.4 Å². The molecule has 0 saturated carbocycles. The summed E-state index contributed by atoms with van der Waals surface area (Å²) in [4.78, 5) is 0. The Morgan fingerprint density at radius 3 is 2.36 bits per heavy atom. The normalized spacial score (nSPS) is 9.86. The molecule has 0 atom stereocenters. The second kappa shape index (κ2) is 8.86. The molecule has 0 bridgehead atoms. The van der Waals surface area contributed by atoms with Gasteiger partial charge in [-0.3, -0.25) is 0 Å². The standard InChI is InChI=1S/C13H25N/c1-5-7-8-11-14-13(4)10-9-12(3)6-2/h14H,3-11H2,1-2H3. The minimum atomic E-state index is 1.04. The van der Waals surface area contributed by atoms with Gasteiger partial charge in [-0.2, -0.15) is 0 Å². The van der Waals surface area contributed by atoms with Crippen molar-refractivity contribution in [3.63, 3.8) is 0 Å². The van der Waals surface area contributed by atoms with Crippen LogP contribution in [0.1, 0.15) is 52.4 Å². The van der Waals surface area contributed by atoms with Gasteiger partial charge in [0.25, 0.3) is 0 Å². The summed E-state index contributed by atoms with van der Waals surface area (Å²) in [6.45, 7) is 13.4. The quantitative estimate of drug-likeness (QED) is 0.433. The van der Waals surface area contributed by atoms with Gasteiger partial charge in [0.05, 0.1) is 0 Å². The third-order valence-electron chi connectivity index (χ3n) is 2.44. The molecule has 0 aromatic rings. The summed E-state index contributed by atoms with van der Waals surface area (Å²) >= 11 is 0. The van der Waals surface area contributed by atoms with Crippen molar-refractivity contribution in [3.05, 3.63) is 24.4 Å². The van der Waals surface area contributed by atoms with E-state index in [0.717, 1.165) is 31.5 Å². The Labute approximate surface area is 89.3 Å². The monoisotopic (exact) mass is 195 g/mol. The van der Waals surface area contributed by atoms with Gasteiger partial charge in [-0.15, -0.1) is 0 Å². The lowest BCUT2D eigenvalue weighted by Gasteiger charge is -2.09. The number of allylic oxidation sites excluding steroid dienone is 2. The number of rotatable bonds is 9. The van der Waals surface area contributed by atoms with Crippen LogP contribution in [0.2, 0.25) is 0 Å². The molecule has 0 heterocycles. The van der Waals surface area contributed by atoms with Crippen molar-refractivity contribution in [2.75, 3.05) is 6.54 Å². The molecule has 82 valence electrons. The Kier molecular flexibility index (Phi) is 8.40. The fourth-order valence-corrected chi connectivity index (χ4v) is 1.23. The van der Waals surface area contributed by atoms with E-state index in [0.29, 0.717) is 0 Å². The number of hydrogen-bond donors (Lipinski definition) is 1. The maximum absolute atomic E-state index is 4.01. The molecule has 0 spiro atoms. The molecule has 1 heteroatoms. The third-order valence-corrected chi connectivity index (χ3v) is 2.44. The van der Waals surface area contributed by atoms with Gasteiger partial charge in [0, 0.05) is 12.2 Å². The summed E-state index contributed by atoms with van der Waals surface area (Å²) in [5.41, 5.74) is 2.48. The van der Waals surface area contributed by atoms with Crippen LogP contribution in [0.4, 0.5) is 0 Å². The third kappa shape index (κ3) is 7.90. The molecular weight excluding hydrogens is 170 g/mol. The van der Waals surface area contributed by atoms with E-state index < -0.39 is 0 Å². The Hall–Kier alpha value is -0.720. The van der Waals surface area contributed by atoms with Crippen molar-refractivity contribution in [1.29, 1.82) is 0 Å². The topological polar surface area (TPSA) is 12.0 Å². The first kappa shape index (κ1) is 13.3. The Balaban J connectivity index is 3.32. The SMILES string of the molecule is C=C(CC)CCC(=C)NCCCCC. The van der Waals surface area contributed by atoms with Crippen LogP contribution in [-0.4, -0.2) is 6.54 Å². The van der Waals surface area contributed by atoms with E-state index in [-0.39, 0.29) is 0 Å². The first-order valence-corrected chi connectivity index (χ1v) is 5.79. The smallest absolute Gasteiger partial charge is 0.0143 e. The van der Waals surface area contributed by atoms with E-state index in [2.05, 4.69) is 32.3 Å². The summed E-state index contributed by atoms with van der Waals surface area (Å²) in [5.74, 6) is 0. The van der Waals surface area contributed by atoms with Gasteiger partial charge in [0.1, 0.15) is 0 Å². The molecule has 0 aromatic heterocycles. The van der Waals surface area contributed by atoms with Crippen molar-refractivity contribution in [3.8, 4) is 0 Å². The van der Waals surface area contributed by atoms with Crippen LogP contribution in [0.5, 0.6) is 0 Å². The summed E-state index contributed by atoms with van der Waals surface area (Å²) in [5, 5.41) is 3.36. The molecule has 0 saturated heterocycles. The van der Waals surface area contributed by atoms with Crippen molar-refractivity contribution >= 4 is 0 Å². The summed E-state index contributed by atoms with van der Waals surface area (Å²) < 4.78 is 0. The highest BCUT2D eigenvalue weighted by Gasteiger charge is 1.95. The van der Waals surface area contributed by atoms with Crippen LogP contribution in [-0.2, 0) is 0 Å². The molecule has 0 fully saturated rings. The highest BCUT2D eigenvalue weighted by atomic mass is 14.9. The fraction of sp³-hybridized carbons (Fsp3) is 0.692. The average molecular weight is 195 g/mol. The number of unbranched alkanes of at least 4 members (excludes halogenated alkanes) is 2. The summed E-state index contributed by atoms with van der Waals surface area (Å²) in [6, 6.07) is 0. The van der Waals surface area contributed by atoms with E-state index in [9.17, 15) is 0 Å². The lowest BCUT2D eigenvalue weighted by molar-refractivity contribution is 0.650. The highest BCUT2D eigenvalue weighted by molar-refractivity contribution is 4.99. The fourth-order valence-electron chi connectivity index (χ4n) is 1.23. The van der Waals surface area contributed by atoms with Crippen molar-refractivity contribution in [1.82, 2.24) is 5.32 Å². The zero-order valence-corrected chi connectivity index (χ0v) is 9.86. The van der Waals surface area contributed by atoms with Crippen LogP contribution in [0.15, 0.2) is 24.4 Å². The van der Waals surface area contributed by atoms with Crippen LogP contribution >= 0.6 is 0 Å². The van der Waals surface area contributed by atoms with E-state index in [1.54, 1.807) is 0 Å². The van der Waals surface area contributed by atoms with E-state index in [1.165, 1.54) is 24.8 Å². The van der Waals surface area contributed by atoms with E-state index in [4.69, 9.17) is 0 Å². The van der Waals surface area contributed by atoms with Crippen LogP contribution in [0.3, 0.4) is 0 Å². The minimum Gasteiger partial charge on any atom is -0.389 e. The van der Waals surface area contributed by atoms with Crippen LogP contribution in [0, 0.1) is 0 Å². The largest absolute Gasteiger partial charge is 0.389 e. The molecule has 14 heavy (non-hydrogen) atoms. The molecule has 0 aliphatic carbocycles. The zero-order valence-electron chi connectivity index (χ0n) is 9.86. The highest BCUT2D eigenvalue weighted by Crippen LogP contribution is 2.09. The predicted molar refractivity (Wildman–Crippen MR) is 65.3 cm³/mol. The Morgan fingerprint density at radius 2 is 1.79 bits per heavy atom. The van der Waals surface area contributed by atoms with Gasteiger partial charge < -0.3 is 5.32 Å². The first-order chi connectivity index (χ1) is 6.70. The van der Waals surface area contributed by atoms with Crippen LogP contribution in [0.25, 0.3) is 0 Å². The van der Waals surface area contributed by atoms with Crippen molar-refractivity contribution in [2.24, 2.45) is 0 Å². The average Bonchev–Trinajstić information content (AvgIpc) is 2.21. The van der Waals surface area contributed by atoms with Gasteiger partial charge in [-0.1, -0.05) is 45.4 Å². The first-order valence-electron chi connectivity index (χ1n) is 5.79. The molecule has 0 aliphatic rings. The Morgan fingerprint density at radius 1 is 1.07 bits per heavy atom. The molecule has 0 radical (unpaired) electrons. The second-order valence-electron chi connectivity index (χ2n) is 3.84. The predicted octanol–water partition coefficient (Wildman–Crippen LogP) is 4.03. The molecule has 0 aliphatic heterocycles. The Bertz CT molecular complexity index is 170. The molecular formula is C13H25N. The van der Waals surface area contributed by atoms with Crippen molar-refractivity contribution < 1.29 is 0 Å². The number of hydrogen-bond acceptors (Lipinski definition) is 1. The van der Waals surface area contributed by atoms with E-state index in [1.807, 2.05) is 0 Å². The minimum absolute atomic E-state index is 1.04. The van der Waals surface area contributed by atoms with E-state index >= 15 is 0 Å². The van der Waals surface area contributed by atoms with Gasteiger partial charge in [0.15, 0.2) is 0 Å². The maximum Gasteiger partial charge on any atom is 0.0143 e. The maximum atomic E-state index is 4.01. The van der Waals surface area contributed by atoms with Gasteiger partial charge in [-0.25, -0.2) is 0 Å². The van der Waals surface area contributed by atoms with Gasteiger partial charge >= 0.3 is 0 Å². The second-order valence-corrected chi connectivity index (χ2v) is 3.84. The lowest BCUT2D eigenvalue weighted by atomic mass is 10.1. The molecule has 1 N–H and O–H groups in total. The molecule has 0 aromatic carbocycles. The van der Waals surface area contributed by atoms with Gasteiger partial charge in [-0.05, 0) is 25.7 Å². The summed E-state index contributed by atoms with van der Waals surface area (Å²) in [7, 11) is 0. The molecule has 0 unspecified atom stereocenters. The zero-order chi connectivity index (χ0) is 10.8. The molecule has 0 rings (SSSR count). The molecule has 0 amide bonds. The van der Waals surface area contributed by atoms with Gasteiger partial charge in [0.2, 0.25) is 0 Å². The van der Waals surface area contributed by atoms with Crippen LogP contribution < -0.4 is 5.32 Å².